The third-order valence-electron chi connectivity index (χ3n) is 3.66. The van der Waals surface area contributed by atoms with E-state index in [-0.39, 0.29) is 16.7 Å². The number of hydrogen-bond donors (Lipinski definition) is 2. The maximum atomic E-state index is 11.9. The van der Waals surface area contributed by atoms with Crippen molar-refractivity contribution in [1.29, 1.82) is 0 Å². The summed E-state index contributed by atoms with van der Waals surface area (Å²) in [4.78, 5) is 25.5. The highest BCUT2D eigenvalue weighted by Crippen LogP contribution is 2.46. The molecule has 0 amide bonds. The molecule has 2 aromatic rings. The number of carboxylic acid groups (broad SMARTS) is 1. The van der Waals surface area contributed by atoms with Gasteiger partial charge in [-0.3, -0.25) is 4.57 Å². The Morgan fingerprint density at radius 1 is 1.50 bits per heavy atom. The summed E-state index contributed by atoms with van der Waals surface area (Å²) in [5.41, 5.74) is 1.61. The average Bonchev–Trinajstić information content (AvgIpc) is 2.96. The summed E-state index contributed by atoms with van der Waals surface area (Å²) in [6.07, 6.45) is 2.28. The lowest BCUT2D eigenvalue weighted by molar-refractivity contribution is 0.0697. The van der Waals surface area contributed by atoms with Crippen molar-refractivity contribution in [1.82, 2.24) is 9.55 Å². The van der Waals surface area contributed by atoms with Crippen LogP contribution in [0.25, 0.3) is 11.0 Å². The van der Waals surface area contributed by atoms with Crippen molar-refractivity contribution in [3.63, 3.8) is 0 Å². The van der Waals surface area contributed by atoms with E-state index in [1.54, 1.807) is 10.6 Å². The van der Waals surface area contributed by atoms with Crippen molar-refractivity contribution in [2.45, 2.75) is 26.3 Å². The Bertz CT molecular complexity index is 692. The zero-order valence-corrected chi connectivity index (χ0v) is 10.1. The van der Waals surface area contributed by atoms with Crippen LogP contribution in [0.2, 0.25) is 0 Å². The SMILES string of the molecule is CC1(Cn2c(=O)[nH]c3cc(C(=O)O)ccc32)CC1. The van der Waals surface area contributed by atoms with Gasteiger partial charge < -0.3 is 10.1 Å². The number of aromatic carboxylic acids is 1. The van der Waals surface area contributed by atoms with Crippen LogP contribution in [-0.2, 0) is 6.54 Å². The molecule has 1 aliphatic carbocycles. The van der Waals surface area contributed by atoms with E-state index in [1.165, 1.54) is 12.1 Å². The third-order valence-corrected chi connectivity index (χ3v) is 3.66. The van der Waals surface area contributed by atoms with Crippen molar-refractivity contribution in [2.75, 3.05) is 0 Å². The monoisotopic (exact) mass is 246 g/mol. The number of carboxylic acids is 1. The second-order valence-corrected chi connectivity index (χ2v) is 5.36. The highest BCUT2D eigenvalue weighted by molar-refractivity contribution is 5.92. The van der Waals surface area contributed by atoms with Gasteiger partial charge in [0.25, 0.3) is 0 Å². The number of nitrogens with zero attached hydrogens (tertiary/aromatic N) is 1. The molecule has 3 rings (SSSR count). The molecule has 0 unspecified atom stereocenters. The standard InChI is InChI=1S/C13H14N2O3/c1-13(4-5-13)7-15-10-3-2-8(11(16)17)6-9(10)14-12(15)18/h2-3,6H,4-5,7H2,1H3,(H,14,18)(H,16,17). The van der Waals surface area contributed by atoms with Crippen molar-refractivity contribution < 1.29 is 9.90 Å². The maximum Gasteiger partial charge on any atom is 0.335 e. The molecule has 2 N–H and O–H groups in total. The number of benzene rings is 1. The van der Waals surface area contributed by atoms with Gasteiger partial charge in [-0.15, -0.1) is 0 Å². The molecule has 1 saturated carbocycles. The van der Waals surface area contributed by atoms with Gasteiger partial charge in [0.1, 0.15) is 0 Å². The fraction of sp³-hybridized carbons (Fsp3) is 0.385. The number of rotatable bonds is 3. The summed E-state index contributed by atoms with van der Waals surface area (Å²) >= 11 is 0. The molecule has 1 aromatic carbocycles. The van der Waals surface area contributed by atoms with E-state index in [0.717, 1.165) is 18.4 Å². The molecule has 0 saturated heterocycles. The van der Waals surface area contributed by atoms with Crippen LogP contribution in [0.4, 0.5) is 0 Å². The number of H-pyrrole nitrogens is 1. The molecule has 0 atom stereocenters. The van der Waals surface area contributed by atoms with Gasteiger partial charge in [-0.2, -0.15) is 0 Å². The van der Waals surface area contributed by atoms with Crippen LogP contribution in [0.5, 0.6) is 0 Å². The lowest BCUT2D eigenvalue weighted by Gasteiger charge is -2.09. The maximum absolute atomic E-state index is 11.9. The van der Waals surface area contributed by atoms with Gasteiger partial charge in [-0.1, -0.05) is 6.92 Å². The topological polar surface area (TPSA) is 75.1 Å². The van der Waals surface area contributed by atoms with E-state index in [1.807, 2.05) is 0 Å². The molecule has 0 spiro atoms. The molecule has 5 nitrogen and oxygen atoms in total. The van der Waals surface area contributed by atoms with E-state index in [2.05, 4.69) is 11.9 Å². The first-order valence-electron chi connectivity index (χ1n) is 5.94. The van der Waals surface area contributed by atoms with E-state index in [9.17, 15) is 9.59 Å². The van der Waals surface area contributed by atoms with Gasteiger partial charge in [0.05, 0.1) is 16.6 Å². The molecular formula is C13H14N2O3. The van der Waals surface area contributed by atoms with E-state index in [4.69, 9.17) is 5.11 Å². The van der Waals surface area contributed by atoms with Crippen LogP contribution in [0, 0.1) is 5.41 Å². The fourth-order valence-corrected chi connectivity index (χ4v) is 2.21. The van der Waals surface area contributed by atoms with Crippen LogP contribution in [0.15, 0.2) is 23.0 Å². The molecule has 18 heavy (non-hydrogen) atoms. The largest absolute Gasteiger partial charge is 0.478 e. The number of aromatic amines is 1. The number of imidazole rings is 1. The fourth-order valence-electron chi connectivity index (χ4n) is 2.21. The van der Waals surface area contributed by atoms with Gasteiger partial charge in [-0.25, -0.2) is 9.59 Å². The van der Waals surface area contributed by atoms with Crippen LogP contribution in [0.3, 0.4) is 0 Å². The molecule has 5 heteroatoms. The Labute approximate surface area is 103 Å². The highest BCUT2D eigenvalue weighted by atomic mass is 16.4. The lowest BCUT2D eigenvalue weighted by Crippen LogP contribution is -2.20. The first-order chi connectivity index (χ1) is 8.48. The Morgan fingerprint density at radius 2 is 2.22 bits per heavy atom. The van der Waals surface area contributed by atoms with Crippen LogP contribution in [0.1, 0.15) is 30.1 Å². The third kappa shape index (κ3) is 1.72. The van der Waals surface area contributed by atoms with Gasteiger partial charge >= 0.3 is 11.7 Å². The minimum atomic E-state index is -0.986. The molecular weight excluding hydrogens is 232 g/mol. The van der Waals surface area contributed by atoms with Crippen molar-refractivity contribution >= 4 is 17.0 Å². The molecule has 1 heterocycles. The second kappa shape index (κ2) is 3.48. The summed E-state index contributed by atoms with van der Waals surface area (Å²) in [5.74, 6) is -0.986. The van der Waals surface area contributed by atoms with Gasteiger partial charge in [-0.05, 0) is 36.5 Å². The minimum Gasteiger partial charge on any atom is -0.478 e. The van der Waals surface area contributed by atoms with Crippen LogP contribution in [-0.4, -0.2) is 20.6 Å². The molecule has 0 aliphatic heterocycles. The van der Waals surface area contributed by atoms with Crippen molar-refractivity contribution in [2.24, 2.45) is 5.41 Å². The molecule has 94 valence electrons. The Balaban J connectivity index is 2.12. The normalized spacial score (nSPS) is 16.9. The minimum absolute atomic E-state index is 0.166. The predicted octanol–water partition coefficient (Wildman–Crippen LogP) is 1.83. The molecule has 0 bridgehead atoms. The quantitative estimate of drug-likeness (QED) is 0.867. The van der Waals surface area contributed by atoms with Crippen LogP contribution >= 0.6 is 0 Å². The number of nitrogens with one attached hydrogen (secondary N) is 1. The van der Waals surface area contributed by atoms with Gasteiger partial charge in [0.2, 0.25) is 0 Å². The first kappa shape index (κ1) is 11.1. The molecule has 1 fully saturated rings. The van der Waals surface area contributed by atoms with Crippen LogP contribution < -0.4 is 5.69 Å². The number of hydrogen-bond acceptors (Lipinski definition) is 2. The summed E-state index contributed by atoms with van der Waals surface area (Å²) < 4.78 is 1.70. The van der Waals surface area contributed by atoms with E-state index >= 15 is 0 Å². The Hall–Kier alpha value is -2.04. The molecule has 0 radical (unpaired) electrons. The molecule has 1 aromatic heterocycles. The first-order valence-corrected chi connectivity index (χ1v) is 5.94. The van der Waals surface area contributed by atoms with Crippen molar-refractivity contribution in [3.8, 4) is 0 Å². The predicted molar refractivity (Wildman–Crippen MR) is 66.9 cm³/mol. The van der Waals surface area contributed by atoms with Crippen molar-refractivity contribution in [3.05, 3.63) is 34.2 Å². The average molecular weight is 246 g/mol. The Morgan fingerprint density at radius 3 is 2.83 bits per heavy atom. The van der Waals surface area contributed by atoms with E-state index in [0.29, 0.717) is 12.1 Å². The number of carbonyl (C=O) groups is 1. The zero-order chi connectivity index (χ0) is 12.9. The summed E-state index contributed by atoms with van der Waals surface area (Å²) in [6, 6.07) is 4.73. The van der Waals surface area contributed by atoms with E-state index < -0.39 is 5.97 Å². The summed E-state index contributed by atoms with van der Waals surface area (Å²) in [5, 5.41) is 8.92. The highest BCUT2D eigenvalue weighted by Gasteiger charge is 2.38. The second-order valence-electron chi connectivity index (χ2n) is 5.36. The van der Waals surface area contributed by atoms with Gasteiger partial charge in [0.15, 0.2) is 0 Å². The summed E-state index contributed by atoms with van der Waals surface area (Å²) in [6.45, 7) is 2.85. The number of fused-ring (bicyclic) bond motifs is 1. The lowest BCUT2D eigenvalue weighted by atomic mass is 10.1. The summed E-state index contributed by atoms with van der Waals surface area (Å²) in [7, 11) is 0. The Kier molecular flexibility index (Phi) is 2.14. The molecule has 1 aliphatic rings. The zero-order valence-electron chi connectivity index (χ0n) is 10.1. The van der Waals surface area contributed by atoms with Gasteiger partial charge in [0, 0.05) is 6.54 Å². The smallest absolute Gasteiger partial charge is 0.335 e. The number of aromatic nitrogens is 2.